The highest BCUT2D eigenvalue weighted by Gasteiger charge is 2.42. The lowest BCUT2D eigenvalue weighted by atomic mass is 9.76. The number of carbonyl (C=O) groups is 1. The highest BCUT2D eigenvalue weighted by molar-refractivity contribution is 5.74. The molecule has 1 aliphatic rings. The number of piperidine rings is 1. The number of hydrogen-bond donors (Lipinski definition) is 1. The van der Waals surface area contributed by atoms with Crippen molar-refractivity contribution >= 4 is 6.03 Å². The second-order valence-electron chi connectivity index (χ2n) is 8.18. The molecule has 1 saturated heterocycles. The van der Waals surface area contributed by atoms with Gasteiger partial charge < -0.3 is 19.5 Å². The van der Waals surface area contributed by atoms with E-state index < -0.39 is 5.41 Å². The van der Waals surface area contributed by atoms with Crippen molar-refractivity contribution < 1.29 is 14.1 Å². The van der Waals surface area contributed by atoms with Crippen molar-refractivity contribution in [1.29, 1.82) is 0 Å². The van der Waals surface area contributed by atoms with Crippen LogP contribution < -0.4 is 5.32 Å². The summed E-state index contributed by atoms with van der Waals surface area (Å²) >= 11 is 0. The molecule has 0 aliphatic carbocycles. The molecule has 1 atom stereocenters. The van der Waals surface area contributed by atoms with Gasteiger partial charge in [0.05, 0.1) is 11.0 Å². The topological polar surface area (TPSA) is 93.4 Å². The van der Waals surface area contributed by atoms with Gasteiger partial charge in [-0.25, -0.2) is 4.79 Å². The monoisotopic (exact) mass is 435 g/mol. The number of aromatic nitrogens is 3. The number of pyridine rings is 1. The fourth-order valence-corrected chi connectivity index (χ4v) is 4.22. The molecule has 32 heavy (non-hydrogen) atoms. The van der Waals surface area contributed by atoms with Crippen LogP contribution in [0.4, 0.5) is 4.79 Å². The summed E-state index contributed by atoms with van der Waals surface area (Å²) in [7, 11) is 1.68. The van der Waals surface area contributed by atoms with Crippen LogP contribution in [-0.4, -0.2) is 59.4 Å². The molecule has 1 fully saturated rings. The number of benzene rings is 1. The first-order chi connectivity index (χ1) is 15.7. The maximum atomic E-state index is 12.9. The molecule has 1 N–H and O–H groups in total. The van der Waals surface area contributed by atoms with Gasteiger partial charge in [-0.15, -0.1) is 0 Å². The maximum Gasteiger partial charge on any atom is 0.317 e. The molecule has 8 heteroatoms. The van der Waals surface area contributed by atoms with Crippen molar-refractivity contribution in [3.05, 3.63) is 66.2 Å². The number of rotatable bonds is 8. The van der Waals surface area contributed by atoms with Crippen molar-refractivity contribution in [2.24, 2.45) is 0 Å². The third kappa shape index (κ3) is 5.13. The fraction of sp³-hybridized carbons (Fsp3) is 0.417. The summed E-state index contributed by atoms with van der Waals surface area (Å²) in [5.41, 5.74) is 1.57. The number of nitrogens with one attached hydrogen (secondary N) is 1. The molecule has 0 radical (unpaired) electrons. The van der Waals surface area contributed by atoms with Crippen LogP contribution in [0, 0.1) is 0 Å². The summed E-state index contributed by atoms with van der Waals surface area (Å²) in [6.45, 7) is 2.39. The summed E-state index contributed by atoms with van der Waals surface area (Å²) < 4.78 is 10.9. The molecule has 0 bridgehead atoms. The number of likely N-dealkylation sites (tertiary alicyclic amines) is 1. The van der Waals surface area contributed by atoms with Gasteiger partial charge in [-0.2, -0.15) is 4.98 Å². The summed E-state index contributed by atoms with van der Waals surface area (Å²) in [6.07, 6.45) is 6.66. The van der Waals surface area contributed by atoms with Gasteiger partial charge in [0.25, 0.3) is 5.89 Å². The van der Waals surface area contributed by atoms with Gasteiger partial charge in [0.15, 0.2) is 5.82 Å². The average Bonchev–Trinajstić information content (AvgIpc) is 3.35. The van der Waals surface area contributed by atoms with E-state index in [1.165, 1.54) is 5.56 Å². The molecule has 0 spiro atoms. The molecule has 4 rings (SSSR count). The first kappa shape index (κ1) is 22.0. The largest absolute Gasteiger partial charge is 0.385 e. The Kier molecular flexibility index (Phi) is 7.11. The Labute approximate surface area is 188 Å². The number of urea groups is 1. The zero-order chi connectivity index (χ0) is 22.2. The van der Waals surface area contributed by atoms with Gasteiger partial charge in [0.1, 0.15) is 0 Å². The van der Waals surface area contributed by atoms with E-state index in [9.17, 15) is 4.79 Å². The van der Waals surface area contributed by atoms with Gasteiger partial charge in [-0.1, -0.05) is 35.5 Å². The first-order valence-corrected chi connectivity index (χ1v) is 11.0. The van der Waals surface area contributed by atoms with Crippen molar-refractivity contribution in [2.45, 2.75) is 31.1 Å². The Morgan fingerprint density at radius 3 is 2.91 bits per heavy atom. The van der Waals surface area contributed by atoms with E-state index in [4.69, 9.17) is 14.2 Å². The van der Waals surface area contributed by atoms with Crippen LogP contribution in [0.15, 0.2) is 59.4 Å². The predicted octanol–water partition coefficient (Wildman–Crippen LogP) is 3.45. The molecule has 1 aromatic carbocycles. The van der Waals surface area contributed by atoms with Crippen LogP contribution in [0.25, 0.3) is 11.5 Å². The highest BCUT2D eigenvalue weighted by atomic mass is 16.5. The van der Waals surface area contributed by atoms with Crippen molar-refractivity contribution in [3.63, 3.8) is 0 Å². The van der Waals surface area contributed by atoms with Crippen LogP contribution in [0.1, 0.15) is 30.7 Å². The molecule has 1 unspecified atom stereocenters. The van der Waals surface area contributed by atoms with Crippen molar-refractivity contribution in [3.8, 4) is 11.5 Å². The normalized spacial score (nSPS) is 18.5. The smallest absolute Gasteiger partial charge is 0.317 e. The molecule has 2 aromatic heterocycles. The summed E-state index contributed by atoms with van der Waals surface area (Å²) in [5, 5.41) is 7.37. The minimum atomic E-state index is -0.408. The maximum absolute atomic E-state index is 12.9. The summed E-state index contributed by atoms with van der Waals surface area (Å²) in [6, 6.07) is 13.8. The fourth-order valence-electron chi connectivity index (χ4n) is 4.22. The molecular formula is C24H29N5O3. The lowest BCUT2D eigenvalue weighted by Gasteiger charge is -2.40. The number of nitrogens with zero attached hydrogens (tertiary/aromatic N) is 4. The Morgan fingerprint density at radius 2 is 2.12 bits per heavy atom. The predicted molar refractivity (Wildman–Crippen MR) is 120 cm³/mol. The third-order valence-electron chi connectivity index (χ3n) is 5.99. The van der Waals surface area contributed by atoms with E-state index in [0.29, 0.717) is 44.4 Å². The van der Waals surface area contributed by atoms with Crippen molar-refractivity contribution in [2.75, 3.05) is 33.4 Å². The second kappa shape index (κ2) is 10.4. The SMILES string of the molecule is COCCC1(c2noc(-c3cccnc3)n2)CCCN(C(=O)NCCc2ccccc2)C1. The standard InChI is InChI=1S/C24H29N5O3/c1-31-16-12-24(22-27-21(32-28-22)20-9-5-13-25-17-20)11-6-15-29(18-24)23(30)26-14-10-19-7-3-2-4-8-19/h2-5,7-9,13,17H,6,10-12,14-16,18H2,1H3,(H,26,30). The number of methoxy groups -OCH3 is 1. The van der Waals surface area contributed by atoms with Crippen LogP contribution in [0.2, 0.25) is 0 Å². The molecular weight excluding hydrogens is 406 g/mol. The zero-order valence-corrected chi connectivity index (χ0v) is 18.4. The Balaban J connectivity index is 1.46. The average molecular weight is 436 g/mol. The van der Waals surface area contributed by atoms with E-state index in [2.05, 4.69) is 27.6 Å². The summed E-state index contributed by atoms with van der Waals surface area (Å²) in [5.74, 6) is 1.06. The lowest BCUT2D eigenvalue weighted by Crippen LogP contribution is -2.52. The van der Waals surface area contributed by atoms with Crippen LogP contribution >= 0.6 is 0 Å². The molecule has 0 saturated carbocycles. The van der Waals surface area contributed by atoms with E-state index in [1.54, 1.807) is 19.5 Å². The van der Waals surface area contributed by atoms with Crippen LogP contribution in [0.3, 0.4) is 0 Å². The number of ether oxygens (including phenoxy) is 1. The molecule has 3 aromatic rings. The zero-order valence-electron chi connectivity index (χ0n) is 18.4. The van der Waals surface area contributed by atoms with Gasteiger partial charge in [-0.3, -0.25) is 4.98 Å². The Bertz CT molecular complexity index is 995. The molecule has 168 valence electrons. The van der Waals surface area contributed by atoms with Gasteiger partial charge >= 0.3 is 6.03 Å². The van der Waals surface area contributed by atoms with E-state index in [0.717, 1.165) is 24.8 Å². The molecule has 2 amide bonds. The van der Waals surface area contributed by atoms with Crippen LogP contribution in [-0.2, 0) is 16.6 Å². The quantitative estimate of drug-likeness (QED) is 0.582. The molecule has 3 heterocycles. The number of hydrogen-bond acceptors (Lipinski definition) is 6. The van der Waals surface area contributed by atoms with E-state index in [-0.39, 0.29) is 6.03 Å². The van der Waals surface area contributed by atoms with Crippen LogP contribution in [0.5, 0.6) is 0 Å². The third-order valence-corrected chi connectivity index (χ3v) is 5.99. The van der Waals surface area contributed by atoms with Gasteiger partial charge in [-0.05, 0) is 43.4 Å². The second-order valence-corrected chi connectivity index (χ2v) is 8.18. The lowest BCUT2D eigenvalue weighted by molar-refractivity contribution is 0.106. The Morgan fingerprint density at radius 1 is 1.25 bits per heavy atom. The Hall–Kier alpha value is -3.26. The number of carbonyl (C=O) groups excluding carboxylic acids is 1. The van der Waals surface area contributed by atoms with E-state index >= 15 is 0 Å². The molecule has 1 aliphatic heterocycles. The highest BCUT2D eigenvalue weighted by Crippen LogP contribution is 2.36. The van der Waals surface area contributed by atoms with Gasteiger partial charge in [0, 0.05) is 45.7 Å². The van der Waals surface area contributed by atoms with E-state index in [1.807, 2.05) is 35.2 Å². The number of amides is 2. The van der Waals surface area contributed by atoms with Crippen molar-refractivity contribution in [1.82, 2.24) is 25.3 Å². The minimum absolute atomic E-state index is 0.0570. The summed E-state index contributed by atoms with van der Waals surface area (Å²) in [4.78, 5) is 23.6. The van der Waals surface area contributed by atoms with Gasteiger partial charge in [0.2, 0.25) is 0 Å². The molecule has 8 nitrogen and oxygen atoms in total. The first-order valence-electron chi connectivity index (χ1n) is 11.0. The minimum Gasteiger partial charge on any atom is -0.385 e.